The molecule has 0 spiro atoms. The number of esters is 1. The number of benzene rings is 1. The Morgan fingerprint density at radius 2 is 2.18 bits per heavy atom. The normalized spacial score (nSPS) is 11.2. The van der Waals surface area contributed by atoms with Gasteiger partial charge in [-0.3, -0.25) is 4.79 Å². The van der Waals surface area contributed by atoms with E-state index in [2.05, 4.69) is 20.7 Å². The quantitative estimate of drug-likeness (QED) is 0.628. The molecule has 1 aromatic carbocycles. The van der Waals surface area contributed by atoms with Gasteiger partial charge < -0.3 is 14.4 Å². The molecule has 6 heteroatoms. The Kier molecular flexibility index (Phi) is 5.38. The number of aliphatic carboxylic acids is 1. The maximum absolute atomic E-state index is 11.2. The maximum atomic E-state index is 11.2. The number of nitrogens with zero attached hydrogens (tertiary/aromatic N) is 1. The first-order valence-corrected chi connectivity index (χ1v) is 7.57. The summed E-state index contributed by atoms with van der Waals surface area (Å²) in [6, 6.07) is 5.81. The van der Waals surface area contributed by atoms with E-state index in [1.54, 1.807) is 6.08 Å². The number of carbonyl (C=O) groups excluding carboxylic acids is 1. The fourth-order valence-corrected chi connectivity index (χ4v) is 2.89. The summed E-state index contributed by atoms with van der Waals surface area (Å²) in [5, 5.41) is 9.75. The minimum absolute atomic E-state index is 0.233. The van der Waals surface area contributed by atoms with Crippen molar-refractivity contribution in [3.05, 3.63) is 40.5 Å². The van der Waals surface area contributed by atoms with Gasteiger partial charge in [-0.25, -0.2) is 4.79 Å². The molecule has 0 bridgehead atoms. The molecule has 1 heterocycles. The summed E-state index contributed by atoms with van der Waals surface area (Å²) in [5.41, 5.74) is 1.81. The number of rotatable bonds is 6. The molecule has 0 fully saturated rings. The van der Waals surface area contributed by atoms with E-state index in [4.69, 9.17) is 5.11 Å². The van der Waals surface area contributed by atoms with Crippen molar-refractivity contribution in [2.24, 2.45) is 0 Å². The van der Waals surface area contributed by atoms with Crippen molar-refractivity contribution in [1.29, 1.82) is 0 Å². The Bertz CT molecular complexity index is 733. The zero-order valence-electron chi connectivity index (χ0n) is 12.1. The lowest BCUT2D eigenvalue weighted by Crippen LogP contribution is -2.03. The number of fused-ring (bicyclic) bond motifs is 1. The highest BCUT2D eigenvalue weighted by atomic mass is 79.9. The van der Waals surface area contributed by atoms with Crippen LogP contribution in [-0.4, -0.2) is 28.7 Å². The van der Waals surface area contributed by atoms with Crippen LogP contribution >= 0.6 is 15.9 Å². The Labute approximate surface area is 136 Å². The van der Waals surface area contributed by atoms with Crippen LogP contribution in [0.2, 0.25) is 0 Å². The van der Waals surface area contributed by atoms with Crippen molar-refractivity contribution >= 4 is 44.8 Å². The molecule has 116 valence electrons. The predicted octanol–water partition coefficient (Wildman–Crippen LogP) is 3.45. The molecule has 2 aromatic rings. The van der Waals surface area contributed by atoms with Crippen LogP contribution in [0.15, 0.2) is 34.9 Å². The molecule has 0 aliphatic rings. The van der Waals surface area contributed by atoms with E-state index in [0.717, 1.165) is 27.0 Å². The second kappa shape index (κ2) is 7.26. The van der Waals surface area contributed by atoms with Crippen molar-refractivity contribution in [2.45, 2.75) is 19.4 Å². The number of hydrogen-bond donors (Lipinski definition) is 1. The van der Waals surface area contributed by atoms with Crippen molar-refractivity contribution < 1.29 is 19.4 Å². The largest absolute Gasteiger partial charge is 0.478 e. The van der Waals surface area contributed by atoms with Crippen molar-refractivity contribution in [2.75, 3.05) is 7.11 Å². The number of carbonyl (C=O) groups is 2. The molecule has 0 amide bonds. The highest BCUT2D eigenvalue weighted by molar-refractivity contribution is 9.10. The molecule has 22 heavy (non-hydrogen) atoms. The first-order valence-electron chi connectivity index (χ1n) is 6.78. The van der Waals surface area contributed by atoms with Gasteiger partial charge in [-0.2, -0.15) is 0 Å². The van der Waals surface area contributed by atoms with E-state index in [-0.39, 0.29) is 5.97 Å². The van der Waals surface area contributed by atoms with Gasteiger partial charge in [-0.15, -0.1) is 0 Å². The lowest BCUT2D eigenvalue weighted by molar-refractivity contribution is -0.140. The van der Waals surface area contributed by atoms with Gasteiger partial charge in [0.1, 0.15) is 0 Å². The minimum Gasteiger partial charge on any atom is -0.478 e. The van der Waals surface area contributed by atoms with E-state index < -0.39 is 5.97 Å². The monoisotopic (exact) mass is 365 g/mol. The third-order valence-corrected chi connectivity index (χ3v) is 3.96. The molecule has 0 saturated carbocycles. The molecule has 0 atom stereocenters. The van der Waals surface area contributed by atoms with Crippen molar-refractivity contribution in [3.8, 4) is 0 Å². The Balaban J connectivity index is 2.32. The molecule has 1 N–H and O–H groups in total. The lowest BCUT2D eigenvalue weighted by Gasteiger charge is -2.05. The Morgan fingerprint density at radius 3 is 2.86 bits per heavy atom. The summed E-state index contributed by atoms with van der Waals surface area (Å²) in [5.74, 6) is -1.22. The number of carboxylic acids is 1. The fourth-order valence-electron chi connectivity index (χ4n) is 2.31. The number of carboxylic acid groups (broad SMARTS) is 1. The average Bonchev–Trinajstić information content (AvgIpc) is 2.84. The zero-order valence-corrected chi connectivity index (χ0v) is 13.7. The van der Waals surface area contributed by atoms with Crippen LogP contribution in [0.3, 0.4) is 0 Å². The second-order valence-corrected chi connectivity index (χ2v) is 5.62. The van der Waals surface area contributed by atoms with E-state index in [9.17, 15) is 9.59 Å². The highest BCUT2D eigenvalue weighted by Crippen LogP contribution is 2.30. The molecule has 1 aromatic heterocycles. The average molecular weight is 366 g/mol. The third kappa shape index (κ3) is 3.76. The molecule has 0 saturated heterocycles. The number of ether oxygens (including phenoxy) is 1. The number of aromatic nitrogens is 1. The minimum atomic E-state index is -0.987. The lowest BCUT2D eigenvalue weighted by atomic mass is 10.1. The first kappa shape index (κ1) is 16.3. The van der Waals surface area contributed by atoms with Crippen LogP contribution in [0.25, 0.3) is 17.0 Å². The smallest absolute Gasteiger partial charge is 0.328 e. The zero-order chi connectivity index (χ0) is 16.1. The summed E-state index contributed by atoms with van der Waals surface area (Å²) < 4.78 is 7.56. The first-order chi connectivity index (χ1) is 10.5. The van der Waals surface area contributed by atoms with Crippen molar-refractivity contribution in [3.63, 3.8) is 0 Å². The highest BCUT2D eigenvalue weighted by Gasteiger charge is 2.10. The number of halogens is 1. The predicted molar refractivity (Wildman–Crippen MR) is 87.6 cm³/mol. The summed E-state index contributed by atoms with van der Waals surface area (Å²) in [4.78, 5) is 21.9. The standard InChI is InChI=1S/C16H16BrNO4/c1-22-15(21)6-3-9-18-10-11(7-8-14(19)20)16-12(17)4-2-5-13(16)18/h2,4-5,7-8,10H,3,6,9H2,1H3,(H,19,20). The molecule has 0 unspecified atom stereocenters. The molecule has 0 radical (unpaired) electrons. The maximum Gasteiger partial charge on any atom is 0.328 e. The van der Waals surface area contributed by atoms with Gasteiger partial charge in [-0.1, -0.05) is 22.0 Å². The molecule has 0 aliphatic carbocycles. The third-order valence-electron chi connectivity index (χ3n) is 3.30. The van der Waals surface area contributed by atoms with Gasteiger partial charge in [0, 0.05) is 46.2 Å². The van der Waals surface area contributed by atoms with Crippen LogP contribution in [0, 0.1) is 0 Å². The van der Waals surface area contributed by atoms with Crippen LogP contribution in [-0.2, 0) is 20.9 Å². The fraction of sp³-hybridized carbons (Fsp3) is 0.250. The van der Waals surface area contributed by atoms with Crippen molar-refractivity contribution in [1.82, 2.24) is 4.57 Å². The van der Waals surface area contributed by atoms with Crippen LogP contribution in [0.5, 0.6) is 0 Å². The Morgan fingerprint density at radius 1 is 1.41 bits per heavy atom. The van der Waals surface area contributed by atoms with E-state index in [1.807, 2.05) is 29.0 Å². The van der Waals surface area contributed by atoms with E-state index in [1.165, 1.54) is 7.11 Å². The van der Waals surface area contributed by atoms with Crippen LogP contribution in [0.4, 0.5) is 0 Å². The molecule has 0 aliphatic heterocycles. The number of hydrogen-bond acceptors (Lipinski definition) is 3. The topological polar surface area (TPSA) is 68.5 Å². The molecular weight excluding hydrogens is 350 g/mol. The summed E-state index contributed by atoms with van der Waals surface area (Å²) >= 11 is 3.50. The molecule has 5 nitrogen and oxygen atoms in total. The molecule has 2 rings (SSSR count). The summed E-state index contributed by atoms with van der Waals surface area (Å²) in [6.45, 7) is 0.656. The van der Waals surface area contributed by atoms with E-state index in [0.29, 0.717) is 19.4 Å². The van der Waals surface area contributed by atoms with E-state index >= 15 is 0 Å². The Hall–Kier alpha value is -2.08. The van der Waals surface area contributed by atoms with Crippen LogP contribution < -0.4 is 0 Å². The van der Waals surface area contributed by atoms with Gasteiger partial charge in [-0.05, 0) is 24.6 Å². The second-order valence-electron chi connectivity index (χ2n) is 4.76. The SMILES string of the molecule is COC(=O)CCCn1cc(C=CC(=O)O)c2c(Br)cccc21. The summed E-state index contributed by atoms with van der Waals surface area (Å²) in [6.07, 6.45) is 5.60. The summed E-state index contributed by atoms with van der Waals surface area (Å²) in [7, 11) is 1.37. The van der Waals surface area contributed by atoms with Gasteiger partial charge in [0.05, 0.1) is 7.11 Å². The number of methoxy groups -OCH3 is 1. The van der Waals surface area contributed by atoms with Gasteiger partial charge in [0.2, 0.25) is 0 Å². The molecular formula is C16H16BrNO4. The van der Waals surface area contributed by atoms with Gasteiger partial charge in [0.15, 0.2) is 0 Å². The van der Waals surface area contributed by atoms with Gasteiger partial charge in [0.25, 0.3) is 0 Å². The number of aryl methyl sites for hydroxylation is 1. The van der Waals surface area contributed by atoms with Gasteiger partial charge >= 0.3 is 11.9 Å². The van der Waals surface area contributed by atoms with Crippen LogP contribution in [0.1, 0.15) is 18.4 Å².